The SMILES string of the molecule is CC(CC(=O)O)NS(=O)(=O)c1cc(C(N)=O)n(C)c1. The molecule has 0 fully saturated rings. The van der Waals surface area contributed by atoms with Crippen LogP contribution < -0.4 is 10.5 Å². The fourth-order valence-corrected chi connectivity index (χ4v) is 2.88. The lowest BCUT2D eigenvalue weighted by atomic mass is 10.3. The summed E-state index contributed by atoms with van der Waals surface area (Å²) in [6.07, 6.45) is 0.894. The third-order valence-corrected chi connectivity index (χ3v) is 3.94. The minimum atomic E-state index is -3.88. The molecule has 0 radical (unpaired) electrons. The van der Waals surface area contributed by atoms with Gasteiger partial charge in [0, 0.05) is 19.3 Å². The highest BCUT2D eigenvalue weighted by Crippen LogP contribution is 2.13. The van der Waals surface area contributed by atoms with Gasteiger partial charge in [-0.15, -0.1) is 0 Å². The van der Waals surface area contributed by atoms with Crippen LogP contribution in [0.25, 0.3) is 0 Å². The van der Waals surface area contributed by atoms with Gasteiger partial charge in [-0.2, -0.15) is 0 Å². The Morgan fingerprint density at radius 1 is 1.53 bits per heavy atom. The average molecular weight is 289 g/mol. The number of carboxylic acid groups (broad SMARTS) is 1. The molecular formula is C10H15N3O5S. The van der Waals surface area contributed by atoms with E-state index >= 15 is 0 Å². The summed E-state index contributed by atoms with van der Waals surface area (Å²) in [5, 5.41) is 8.57. The quantitative estimate of drug-likeness (QED) is 0.635. The van der Waals surface area contributed by atoms with Crippen molar-refractivity contribution in [2.24, 2.45) is 12.8 Å². The van der Waals surface area contributed by atoms with Gasteiger partial charge in [0.15, 0.2) is 0 Å². The van der Waals surface area contributed by atoms with Crippen molar-refractivity contribution in [3.05, 3.63) is 18.0 Å². The Morgan fingerprint density at radius 3 is 2.53 bits per heavy atom. The molecule has 0 aliphatic carbocycles. The van der Waals surface area contributed by atoms with E-state index in [4.69, 9.17) is 10.8 Å². The number of nitrogens with one attached hydrogen (secondary N) is 1. The average Bonchev–Trinajstić information content (AvgIpc) is 2.58. The lowest BCUT2D eigenvalue weighted by Crippen LogP contribution is -2.34. The predicted octanol–water partition coefficient (Wildman–Crippen LogP) is -0.734. The van der Waals surface area contributed by atoms with Crippen molar-refractivity contribution in [1.82, 2.24) is 9.29 Å². The largest absolute Gasteiger partial charge is 0.481 e. The highest BCUT2D eigenvalue weighted by molar-refractivity contribution is 7.89. The zero-order chi connectivity index (χ0) is 14.8. The molecule has 1 rings (SSSR count). The maximum absolute atomic E-state index is 11.9. The van der Waals surface area contributed by atoms with Gasteiger partial charge < -0.3 is 15.4 Å². The number of carbonyl (C=O) groups is 2. The predicted molar refractivity (Wildman–Crippen MR) is 66.0 cm³/mol. The molecule has 8 nitrogen and oxygen atoms in total. The molecule has 106 valence electrons. The summed E-state index contributed by atoms with van der Waals surface area (Å²) in [5.74, 6) is -1.86. The smallest absolute Gasteiger partial charge is 0.304 e. The molecule has 1 heterocycles. The van der Waals surface area contributed by atoms with Gasteiger partial charge in [0.1, 0.15) is 10.6 Å². The number of aliphatic carboxylic acids is 1. The van der Waals surface area contributed by atoms with Crippen molar-refractivity contribution >= 4 is 21.9 Å². The van der Waals surface area contributed by atoms with Crippen LogP contribution >= 0.6 is 0 Å². The molecule has 1 atom stereocenters. The summed E-state index contributed by atoms with van der Waals surface area (Å²) < 4.78 is 27.4. The number of carbonyl (C=O) groups excluding carboxylic acids is 1. The molecule has 0 aliphatic heterocycles. The van der Waals surface area contributed by atoms with Crippen LogP contribution in [0.4, 0.5) is 0 Å². The minimum absolute atomic E-state index is 0.0475. The summed E-state index contributed by atoms with van der Waals surface area (Å²) in [7, 11) is -2.40. The highest BCUT2D eigenvalue weighted by atomic mass is 32.2. The number of rotatable bonds is 6. The van der Waals surface area contributed by atoms with Crippen LogP contribution in [0.3, 0.4) is 0 Å². The van der Waals surface area contributed by atoms with Gasteiger partial charge in [-0.05, 0) is 13.0 Å². The number of primary amides is 1. The Kier molecular flexibility index (Phi) is 4.32. The van der Waals surface area contributed by atoms with E-state index in [1.807, 2.05) is 0 Å². The summed E-state index contributed by atoms with van der Waals surface area (Å²) in [5.41, 5.74) is 5.13. The van der Waals surface area contributed by atoms with Crippen LogP contribution in [0, 0.1) is 0 Å². The van der Waals surface area contributed by atoms with E-state index in [-0.39, 0.29) is 17.0 Å². The van der Waals surface area contributed by atoms with Crippen molar-refractivity contribution in [3.8, 4) is 0 Å². The number of nitrogens with two attached hydrogens (primary N) is 1. The highest BCUT2D eigenvalue weighted by Gasteiger charge is 2.22. The first kappa shape index (κ1) is 15.2. The van der Waals surface area contributed by atoms with E-state index in [2.05, 4.69) is 4.72 Å². The Labute approximate surface area is 110 Å². The van der Waals surface area contributed by atoms with Crippen LogP contribution in [-0.2, 0) is 21.9 Å². The van der Waals surface area contributed by atoms with E-state index in [1.54, 1.807) is 0 Å². The first-order chi connectivity index (χ1) is 8.63. The Morgan fingerprint density at radius 2 is 2.11 bits per heavy atom. The number of nitrogens with zero attached hydrogens (tertiary/aromatic N) is 1. The number of hydrogen-bond acceptors (Lipinski definition) is 4. The summed E-state index contributed by atoms with van der Waals surface area (Å²) in [6, 6.07) is 0.373. The van der Waals surface area contributed by atoms with Crippen molar-refractivity contribution < 1.29 is 23.1 Å². The van der Waals surface area contributed by atoms with Crippen LogP contribution in [0.15, 0.2) is 17.2 Å². The van der Waals surface area contributed by atoms with Gasteiger partial charge >= 0.3 is 5.97 Å². The number of sulfonamides is 1. The van der Waals surface area contributed by atoms with Crippen LogP contribution in [0.2, 0.25) is 0 Å². The van der Waals surface area contributed by atoms with Crippen LogP contribution in [0.5, 0.6) is 0 Å². The van der Waals surface area contributed by atoms with Crippen molar-refractivity contribution in [1.29, 1.82) is 0 Å². The Balaban J connectivity index is 2.98. The second-order valence-corrected chi connectivity index (χ2v) is 5.87. The number of carboxylic acids is 1. The van der Waals surface area contributed by atoms with Crippen LogP contribution in [-0.4, -0.2) is 36.0 Å². The molecule has 0 bridgehead atoms. The van der Waals surface area contributed by atoms with Crippen molar-refractivity contribution in [2.75, 3.05) is 0 Å². The number of aryl methyl sites for hydroxylation is 1. The number of hydrogen-bond donors (Lipinski definition) is 3. The standard InChI is InChI=1S/C10H15N3O5S/c1-6(3-9(14)15)12-19(17,18)7-4-8(10(11)16)13(2)5-7/h4-6,12H,3H2,1-2H3,(H2,11,16)(H,14,15). The molecule has 19 heavy (non-hydrogen) atoms. The molecule has 0 aliphatic rings. The Hall–Kier alpha value is -1.87. The third-order valence-electron chi connectivity index (χ3n) is 2.38. The molecule has 9 heteroatoms. The number of amides is 1. The zero-order valence-corrected chi connectivity index (χ0v) is 11.3. The van der Waals surface area contributed by atoms with Crippen LogP contribution in [0.1, 0.15) is 23.8 Å². The molecule has 0 saturated carbocycles. The molecule has 0 spiro atoms. The summed E-state index contributed by atoms with van der Waals surface area (Å²) in [6.45, 7) is 1.43. The lowest BCUT2D eigenvalue weighted by molar-refractivity contribution is -0.137. The van der Waals surface area contributed by atoms with E-state index in [9.17, 15) is 18.0 Å². The first-order valence-corrected chi connectivity index (χ1v) is 6.82. The second-order valence-electron chi connectivity index (χ2n) is 4.16. The van der Waals surface area contributed by atoms with Gasteiger partial charge in [-0.1, -0.05) is 0 Å². The first-order valence-electron chi connectivity index (χ1n) is 5.33. The van der Waals surface area contributed by atoms with Crippen molar-refractivity contribution in [3.63, 3.8) is 0 Å². The summed E-state index contributed by atoms with van der Waals surface area (Å²) in [4.78, 5) is 21.4. The van der Waals surface area contributed by atoms with Gasteiger partial charge in [-0.25, -0.2) is 13.1 Å². The maximum atomic E-state index is 11.9. The van der Waals surface area contributed by atoms with E-state index in [0.29, 0.717) is 0 Å². The third kappa shape index (κ3) is 3.80. The van der Waals surface area contributed by atoms with Gasteiger partial charge in [0.2, 0.25) is 10.0 Å². The van der Waals surface area contributed by atoms with Gasteiger partial charge in [0.05, 0.1) is 6.42 Å². The normalized spacial score (nSPS) is 13.2. The fourth-order valence-electron chi connectivity index (χ4n) is 1.56. The maximum Gasteiger partial charge on any atom is 0.304 e. The van der Waals surface area contributed by atoms with Crippen molar-refractivity contribution in [2.45, 2.75) is 24.3 Å². The molecule has 1 aromatic heterocycles. The lowest BCUT2D eigenvalue weighted by Gasteiger charge is -2.10. The molecule has 1 aromatic rings. The summed E-state index contributed by atoms with van der Waals surface area (Å²) >= 11 is 0. The molecule has 1 amide bonds. The number of aromatic nitrogens is 1. The zero-order valence-electron chi connectivity index (χ0n) is 10.5. The van der Waals surface area contributed by atoms with E-state index in [0.717, 1.165) is 6.07 Å². The fraction of sp³-hybridized carbons (Fsp3) is 0.400. The molecular weight excluding hydrogens is 274 g/mol. The second kappa shape index (κ2) is 5.41. The minimum Gasteiger partial charge on any atom is -0.481 e. The van der Waals surface area contributed by atoms with E-state index < -0.39 is 27.9 Å². The van der Waals surface area contributed by atoms with Gasteiger partial charge in [0.25, 0.3) is 5.91 Å². The van der Waals surface area contributed by atoms with Gasteiger partial charge in [-0.3, -0.25) is 9.59 Å². The molecule has 4 N–H and O–H groups in total. The molecule has 1 unspecified atom stereocenters. The van der Waals surface area contributed by atoms with E-state index in [1.165, 1.54) is 24.7 Å². The molecule has 0 aromatic carbocycles. The Bertz CT molecular complexity index is 605. The molecule has 0 saturated heterocycles. The monoisotopic (exact) mass is 289 g/mol. The topological polar surface area (TPSA) is 131 Å².